The minimum absolute atomic E-state index is 0. The predicted octanol–water partition coefficient (Wildman–Crippen LogP) is 8.56. The summed E-state index contributed by atoms with van der Waals surface area (Å²) in [5.74, 6) is -3.96. The molecule has 0 amide bonds. The van der Waals surface area contributed by atoms with E-state index in [9.17, 15) is 34.4 Å². The maximum Gasteiger partial charge on any atom is 4.00 e. The fourth-order valence-electron chi connectivity index (χ4n) is 3.53. The molecule has 252 valence electrons. The molecule has 0 saturated carbocycles. The molecule has 0 heterocycles. The smallest absolute Gasteiger partial charge is 0.330 e. The van der Waals surface area contributed by atoms with Gasteiger partial charge in [-0.2, -0.15) is 36.4 Å². The van der Waals surface area contributed by atoms with E-state index in [4.69, 9.17) is 0 Å². The standard InChI is InChI=1S/2C13H10F2NO2S.2C5H5.Ti/c2*1-9-2-5-11(6-3-9)19(17,18)16-13-7-4-10(14)8-12(13)15;2*1-2-4-5-3-1;/h2*2-7,16H,1H3;2*1-5H;/q4*-1;+4. The fraction of sp³-hybridized carbons (Fsp3) is 0.0556. The number of aryl methyl sites for hydroxylation is 2. The van der Waals surface area contributed by atoms with Crippen molar-refractivity contribution in [1.82, 2.24) is 0 Å². The second kappa shape index (κ2) is 19.5. The maximum atomic E-state index is 13.3. The molecule has 0 bridgehead atoms. The third-order valence-corrected chi connectivity index (χ3v) is 8.75. The number of hydrogen-bond acceptors (Lipinski definition) is 4. The van der Waals surface area contributed by atoms with Gasteiger partial charge in [-0.15, -0.1) is 36.4 Å². The van der Waals surface area contributed by atoms with Gasteiger partial charge in [0, 0.05) is 23.3 Å². The summed E-state index contributed by atoms with van der Waals surface area (Å²) in [6, 6.07) is 39.5. The van der Waals surface area contributed by atoms with Crippen LogP contribution in [-0.2, 0) is 41.8 Å². The van der Waals surface area contributed by atoms with Gasteiger partial charge in [0.25, 0.3) is 20.0 Å². The van der Waals surface area contributed by atoms with Crippen molar-refractivity contribution >= 4 is 31.4 Å². The van der Waals surface area contributed by atoms with Crippen molar-refractivity contribution in [3.05, 3.63) is 180 Å². The average Bonchev–Trinajstić information content (AvgIpc) is 3.81. The molecule has 0 atom stereocenters. The van der Waals surface area contributed by atoms with Crippen LogP contribution in [0.1, 0.15) is 11.1 Å². The average molecular weight is 743 g/mol. The molecule has 6 aromatic carbocycles. The topological polar surface area (TPSA) is 92.3 Å². The van der Waals surface area contributed by atoms with Crippen LogP contribution in [0.4, 0.5) is 28.9 Å². The van der Waals surface area contributed by atoms with Gasteiger partial charge in [0.15, 0.2) is 0 Å². The van der Waals surface area contributed by atoms with Gasteiger partial charge in [-0.25, -0.2) is 58.7 Å². The fourth-order valence-corrected chi connectivity index (χ4v) is 5.65. The molecule has 0 aliphatic rings. The van der Waals surface area contributed by atoms with Crippen LogP contribution >= 0.6 is 0 Å². The van der Waals surface area contributed by atoms with Crippen LogP contribution < -0.4 is 9.44 Å². The zero-order valence-corrected chi connectivity index (χ0v) is 29.4. The number of hydrogen-bond donors (Lipinski definition) is 2. The predicted molar refractivity (Wildman–Crippen MR) is 178 cm³/mol. The van der Waals surface area contributed by atoms with E-state index in [-0.39, 0.29) is 42.9 Å². The Morgan fingerprint density at radius 2 is 0.816 bits per heavy atom. The molecule has 49 heavy (non-hydrogen) atoms. The van der Waals surface area contributed by atoms with E-state index >= 15 is 0 Å². The Hall–Kier alpha value is -4.49. The first-order valence-corrected chi connectivity index (χ1v) is 17.0. The molecule has 6 aromatic rings. The van der Waals surface area contributed by atoms with E-state index < -0.39 is 43.3 Å². The van der Waals surface area contributed by atoms with Crippen molar-refractivity contribution in [3.63, 3.8) is 0 Å². The van der Waals surface area contributed by atoms with E-state index in [1.807, 2.05) is 84.0 Å². The van der Waals surface area contributed by atoms with E-state index in [2.05, 4.69) is 0 Å². The van der Waals surface area contributed by atoms with Gasteiger partial charge in [-0.3, -0.25) is 0 Å². The number of benzene rings is 4. The molecule has 0 unspecified atom stereocenters. The summed E-state index contributed by atoms with van der Waals surface area (Å²) in [4.78, 5) is 0.00338. The summed E-state index contributed by atoms with van der Waals surface area (Å²) in [6.07, 6.45) is 0. The summed E-state index contributed by atoms with van der Waals surface area (Å²) >= 11 is 0. The van der Waals surface area contributed by atoms with Gasteiger partial charge in [0.1, 0.15) is 0 Å². The van der Waals surface area contributed by atoms with Crippen LogP contribution in [0.3, 0.4) is 0 Å². The number of sulfonamides is 2. The summed E-state index contributed by atoms with van der Waals surface area (Å²) in [6.45, 7) is 3.64. The third kappa shape index (κ3) is 13.9. The first-order chi connectivity index (χ1) is 22.8. The summed E-state index contributed by atoms with van der Waals surface area (Å²) in [7, 11) is -7.80. The molecule has 0 spiro atoms. The van der Waals surface area contributed by atoms with Gasteiger partial charge < -0.3 is 9.44 Å². The normalized spacial score (nSPS) is 10.4. The SMILES string of the molecule is Cc1ccc(S(=O)(=O)Nc2ccc(F)[c-]c2F)cc1.Cc1ccc(S(=O)(=O)Nc2ccc(F)[c-]c2F)cc1.[Ti+4].c1cc[cH-]c1.c1cc[cH-]c1. The molecule has 0 aromatic heterocycles. The third-order valence-electron chi connectivity index (χ3n) is 5.99. The summed E-state index contributed by atoms with van der Waals surface area (Å²) in [5.41, 5.74) is 1.12. The van der Waals surface area contributed by atoms with E-state index in [1.54, 1.807) is 36.4 Å². The van der Waals surface area contributed by atoms with Crippen molar-refractivity contribution in [2.45, 2.75) is 23.6 Å². The van der Waals surface area contributed by atoms with Crippen molar-refractivity contribution in [3.8, 4) is 0 Å². The van der Waals surface area contributed by atoms with Crippen LogP contribution in [0.2, 0.25) is 0 Å². The minimum atomic E-state index is -3.90. The molecule has 0 aliphatic heterocycles. The first-order valence-electron chi connectivity index (χ1n) is 14.0. The molecule has 6 rings (SSSR count). The Labute approximate surface area is 299 Å². The van der Waals surface area contributed by atoms with Gasteiger partial charge >= 0.3 is 21.7 Å². The molecular formula is C36H30F4N2O4S2Ti. The quantitative estimate of drug-likeness (QED) is 0.102. The summed E-state index contributed by atoms with van der Waals surface area (Å²) < 4.78 is 104. The van der Waals surface area contributed by atoms with Gasteiger partial charge in [0.2, 0.25) is 0 Å². The van der Waals surface area contributed by atoms with Gasteiger partial charge in [-0.1, -0.05) is 35.4 Å². The zero-order valence-electron chi connectivity index (χ0n) is 26.2. The van der Waals surface area contributed by atoms with Crippen molar-refractivity contribution < 1.29 is 56.1 Å². The number of nitrogens with one attached hydrogen (secondary N) is 2. The number of rotatable bonds is 6. The van der Waals surface area contributed by atoms with Gasteiger partial charge in [0.05, 0.1) is 9.79 Å². The Balaban J connectivity index is 0.000000260. The van der Waals surface area contributed by atoms with E-state index in [0.717, 1.165) is 35.4 Å². The second-order valence-corrected chi connectivity index (χ2v) is 13.2. The summed E-state index contributed by atoms with van der Waals surface area (Å²) in [5, 5.41) is 0. The first kappa shape index (κ1) is 40.7. The van der Waals surface area contributed by atoms with E-state index in [0.29, 0.717) is 0 Å². The van der Waals surface area contributed by atoms with Crippen LogP contribution in [0, 0.1) is 49.2 Å². The molecule has 0 fully saturated rings. The minimum Gasteiger partial charge on any atom is -0.330 e. The largest absolute Gasteiger partial charge is 4.00 e. The van der Waals surface area contributed by atoms with Crippen LogP contribution in [0.25, 0.3) is 0 Å². The molecule has 0 aliphatic carbocycles. The molecule has 0 radical (unpaired) electrons. The molecule has 13 heteroatoms. The molecule has 2 N–H and O–H groups in total. The van der Waals surface area contributed by atoms with E-state index in [1.165, 1.54) is 24.3 Å². The van der Waals surface area contributed by atoms with Crippen molar-refractivity contribution in [2.75, 3.05) is 9.44 Å². The van der Waals surface area contributed by atoms with Crippen LogP contribution in [0.15, 0.2) is 143 Å². The number of anilines is 2. The second-order valence-electron chi connectivity index (χ2n) is 9.83. The Kier molecular flexibility index (Phi) is 16.2. The van der Waals surface area contributed by atoms with Gasteiger partial charge in [-0.05, 0) is 49.5 Å². The number of halogens is 4. The Bertz CT molecular complexity index is 1870. The molecule has 6 nitrogen and oxygen atoms in total. The monoisotopic (exact) mass is 742 g/mol. The molecule has 0 saturated heterocycles. The molecular weight excluding hydrogens is 712 g/mol. The van der Waals surface area contributed by atoms with Crippen molar-refractivity contribution in [2.24, 2.45) is 0 Å². The van der Waals surface area contributed by atoms with Crippen LogP contribution in [-0.4, -0.2) is 16.8 Å². The van der Waals surface area contributed by atoms with Crippen LogP contribution in [0.5, 0.6) is 0 Å². The zero-order chi connectivity index (χ0) is 35.2. The maximum absolute atomic E-state index is 13.3. The Morgan fingerprint density at radius 1 is 0.510 bits per heavy atom. The Morgan fingerprint density at radius 3 is 1.06 bits per heavy atom. The van der Waals surface area contributed by atoms with Crippen molar-refractivity contribution in [1.29, 1.82) is 0 Å².